The van der Waals surface area contributed by atoms with Gasteiger partial charge in [-0.3, -0.25) is 19.9 Å². The lowest BCUT2D eigenvalue weighted by molar-refractivity contribution is -0.189. The van der Waals surface area contributed by atoms with Gasteiger partial charge in [0.05, 0.1) is 34.9 Å². The summed E-state index contributed by atoms with van der Waals surface area (Å²) >= 11 is 0.955. The highest BCUT2D eigenvalue weighted by molar-refractivity contribution is 7.90. The van der Waals surface area contributed by atoms with Crippen molar-refractivity contribution in [1.82, 2.24) is 15.3 Å². The van der Waals surface area contributed by atoms with Crippen LogP contribution in [0.1, 0.15) is 28.5 Å². The van der Waals surface area contributed by atoms with Crippen LogP contribution in [0.15, 0.2) is 65.0 Å². The van der Waals surface area contributed by atoms with E-state index >= 15 is 0 Å². The Morgan fingerprint density at radius 2 is 1.79 bits per heavy atom. The Hall–Kier alpha value is -4.87. The molecule has 0 saturated heterocycles. The number of anilines is 1. The molecule has 2 N–H and O–H groups in total. The number of aromatic nitrogens is 2. The summed E-state index contributed by atoms with van der Waals surface area (Å²) in [6, 6.07) is 10.7. The fourth-order valence-corrected chi connectivity index (χ4v) is 5.49. The highest BCUT2D eigenvalue weighted by Gasteiger charge is 2.42. The van der Waals surface area contributed by atoms with Crippen molar-refractivity contribution in [3.63, 3.8) is 0 Å². The van der Waals surface area contributed by atoms with E-state index < -0.39 is 45.0 Å². The Balaban J connectivity index is 1.74. The van der Waals surface area contributed by atoms with Gasteiger partial charge in [-0.15, -0.1) is 11.3 Å². The third kappa shape index (κ3) is 9.58. The van der Waals surface area contributed by atoms with Crippen molar-refractivity contribution >= 4 is 44.1 Å². The molecule has 0 atom stereocenters. The fourth-order valence-electron chi connectivity index (χ4n) is 4.15. The van der Waals surface area contributed by atoms with E-state index in [1.807, 2.05) is 6.92 Å². The van der Waals surface area contributed by atoms with Gasteiger partial charge >= 0.3 is 12.1 Å². The zero-order chi connectivity index (χ0) is 35.1. The molecule has 2 aromatic carbocycles. The topological polar surface area (TPSA) is 163 Å². The van der Waals surface area contributed by atoms with Gasteiger partial charge in [0.15, 0.2) is 26.5 Å². The Labute approximate surface area is 277 Å². The number of esters is 1. The van der Waals surface area contributed by atoms with Gasteiger partial charge < -0.3 is 19.5 Å². The van der Waals surface area contributed by atoms with E-state index in [-0.39, 0.29) is 40.2 Å². The molecule has 0 aliphatic rings. The lowest BCUT2D eigenvalue weighted by Gasteiger charge is -2.18. The molecule has 2 heterocycles. The Morgan fingerprint density at radius 3 is 2.44 bits per heavy atom. The average Bonchev–Trinajstić information content (AvgIpc) is 3.45. The SMILES string of the molecule is CCOCCNC(=O)Cc1csc(NC(=O)c2cc(-c3ncccc3C)cc(Oc3ccc(S(C)(=O)=O)cc3)c2OC(=O)C(F)(F)F)n1. The predicted molar refractivity (Wildman–Crippen MR) is 169 cm³/mol. The first-order valence-corrected chi connectivity index (χ1v) is 16.9. The van der Waals surface area contributed by atoms with E-state index in [0.29, 0.717) is 30.2 Å². The van der Waals surface area contributed by atoms with E-state index in [9.17, 15) is 36.0 Å². The van der Waals surface area contributed by atoms with Crippen molar-refractivity contribution in [3.8, 4) is 28.5 Å². The molecule has 0 unspecified atom stereocenters. The van der Waals surface area contributed by atoms with Crippen molar-refractivity contribution in [3.05, 3.63) is 76.9 Å². The summed E-state index contributed by atoms with van der Waals surface area (Å²) in [5, 5.41) is 6.66. The van der Waals surface area contributed by atoms with Gasteiger partial charge in [-0.1, -0.05) is 6.07 Å². The molecular formula is C31H29F3N4O8S2. The van der Waals surface area contributed by atoms with Crippen LogP contribution in [0.2, 0.25) is 0 Å². The number of carbonyl (C=O) groups is 3. The molecule has 4 rings (SSSR count). The molecule has 2 aromatic heterocycles. The van der Waals surface area contributed by atoms with Crippen molar-refractivity contribution in [2.45, 2.75) is 31.3 Å². The second-order valence-electron chi connectivity index (χ2n) is 10.1. The molecule has 0 bridgehead atoms. The van der Waals surface area contributed by atoms with Crippen LogP contribution in [-0.2, 0) is 30.6 Å². The van der Waals surface area contributed by atoms with Crippen LogP contribution in [0.5, 0.6) is 17.2 Å². The number of aryl methyl sites for hydroxylation is 1. The number of sulfone groups is 1. The Bertz CT molecular complexity index is 1910. The average molecular weight is 707 g/mol. The second-order valence-corrected chi connectivity index (χ2v) is 12.9. The number of carbonyl (C=O) groups excluding carboxylic acids is 3. The maximum atomic E-state index is 13.7. The van der Waals surface area contributed by atoms with Gasteiger partial charge in [0.25, 0.3) is 5.91 Å². The smallest absolute Gasteiger partial charge is 0.453 e. The normalized spacial score (nSPS) is 11.5. The molecule has 2 amide bonds. The number of alkyl halides is 3. The van der Waals surface area contributed by atoms with E-state index in [2.05, 4.69) is 20.6 Å². The van der Waals surface area contributed by atoms with Crippen LogP contribution in [0.25, 0.3) is 11.3 Å². The molecule has 12 nitrogen and oxygen atoms in total. The Morgan fingerprint density at radius 1 is 1.06 bits per heavy atom. The summed E-state index contributed by atoms with van der Waals surface area (Å²) in [4.78, 5) is 46.5. The van der Waals surface area contributed by atoms with Gasteiger partial charge in [0, 0.05) is 36.5 Å². The Kier molecular flexibility index (Phi) is 11.5. The molecule has 48 heavy (non-hydrogen) atoms. The van der Waals surface area contributed by atoms with Gasteiger partial charge in [-0.25, -0.2) is 18.2 Å². The number of amides is 2. The monoisotopic (exact) mass is 706 g/mol. The van der Waals surface area contributed by atoms with Crippen molar-refractivity contribution in [1.29, 1.82) is 0 Å². The zero-order valence-electron chi connectivity index (χ0n) is 25.7. The molecule has 0 aliphatic heterocycles. The number of ether oxygens (including phenoxy) is 3. The second kappa shape index (κ2) is 15.4. The minimum absolute atomic E-state index is 0.00321. The number of rotatable bonds is 13. The number of halogens is 3. The first kappa shape index (κ1) is 36.0. The minimum atomic E-state index is -5.44. The molecule has 254 valence electrons. The van der Waals surface area contributed by atoms with E-state index in [1.54, 1.807) is 19.1 Å². The predicted octanol–water partition coefficient (Wildman–Crippen LogP) is 5.12. The van der Waals surface area contributed by atoms with Crippen LogP contribution >= 0.6 is 11.3 Å². The summed E-state index contributed by atoms with van der Waals surface area (Å²) in [5.41, 5.74) is 0.966. The highest BCUT2D eigenvalue weighted by atomic mass is 32.2. The third-order valence-corrected chi connectivity index (χ3v) is 8.31. The minimum Gasteiger partial charge on any atom is -0.453 e. The molecule has 17 heteroatoms. The first-order valence-electron chi connectivity index (χ1n) is 14.1. The standard InChI is InChI=1S/C31H29F3N4O8S2/c1-4-44-13-12-35-25(39)16-20-17-47-30(37-20)38-28(40)23-14-19(26-18(2)6-5-11-36-26)15-24(27(23)46-29(41)31(32,33)34)45-21-7-9-22(10-8-21)48(3,42)43/h5-11,14-15,17H,4,12-13,16H2,1-3H3,(H,35,39)(H,37,38,40). The molecule has 0 spiro atoms. The molecule has 0 aliphatic carbocycles. The summed E-state index contributed by atoms with van der Waals surface area (Å²) in [6.07, 6.45) is -3.09. The molecule has 4 aromatic rings. The van der Waals surface area contributed by atoms with Crippen LogP contribution in [0, 0.1) is 6.92 Å². The number of hydrogen-bond acceptors (Lipinski definition) is 11. The van der Waals surface area contributed by atoms with Crippen molar-refractivity contribution in [2.24, 2.45) is 0 Å². The number of nitrogens with one attached hydrogen (secondary N) is 2. The zero-order valence-corrected chi connectivity index (χ0v) is 27.3. The number of hydrogen-bond donors (Lipinski definition) is 2. The lowest BCUT2D eigenvalue weighted by Crippen LogP contribution is -2.29. The van der Waals surface area contributed by atoms with E-state index in [0.717, 1.165) is 17.6 Å². The van der Waals surface area contributed by atoms with E-state index in [1.165, 1.54) is 48.0 Å². The number of pyridine rings is 1. The van der Waals surface area contributed by atoms with E-state index in [4.69, 9.17) is 14.2 Å². The summed E-state index contributed by atoms with van der Waals surface area (Å²) in [6.45, 7) is 4.66. The summed E-state index contributed by atoms with van der Waals surface area (Å²) in [7, 11) is -3.58. The lowest BCUT2D eigenvalue weighted by atomic mass is 10.0. The molecule has 0 radical (unpaired) electrons. The maximum Gasteiger partial charge on any atom is 0.491 e. The summed E-state index contributed by atoms with van der Waals surface area (Å²) in [5.74, 6) is -5.38. The highest BCUT2D eigenvalue weighted by Crippen LogP contribution is 2.41. The molecule has 0 saturated carbocycles. The largest absolute Gasteiger partial charge is 0.491 e. The third-order valence-electron chi connectivity index (χ3n) is 6.37. The van der Waals surface area contributed by atoms with Gasteiger partial charge in [-0.05, 0) is 61.9 Å². The number of benzene rings is 2. The van der Waals surface area contributed by atoms with Crippen molar-refractivity contribution in [2.75, 3.05) is 31.3 Å². The summed E-state index contributed by atoms with van der Waals surface area (Å²) < 4.78 is 79.8. The number of nitrogens with zero attached hydrogens (tertiary/aromatic N) is 2. The maximum absolute atomic E-state index is 13.7. The van der Waals surface area contributed by atoms with Gasteiger partial charge in [0.1, 0.15) is 5.75 Å². The van der Waals surface area contributed by atoms with Crippen LogP contribution < -0.4 is 20.1 Å². The van der Waals surface area contributed by atoms with Crippen LogP contribution in [0.4, 0.5) is 18.3 Å². The van der Waals surface area contributed by atoms with Crippen LogP contribution in [-0.4, -0.2) is 68.4 Å². The fraction of sp³-hybridized carbons (Fsp3) is 0.258. The van der Waals surface area contributed by atoms with Crippen LogP contribution in [0.3, 0.4) is 0 Å². The van der Waals surface area contributed by atoms with Gasteiger partial charge in [0.2, 0.25) is 5.91 Å². The molecular weight excluding hydrogens is 677 g/mol. The molecule has 0 fully saturated rings. The van der Waals surface area contributed by atoms with Crippen molar-refractivity contribution < 1.29 is 50.2 Å². The quantitative estimate of drug-likeness (QED) is 0.108. The number of thiazole rings is 1. The van der Waals surface area contributed by atoms with Gasteiger partial charge in [-0.2, -0.15) is 13.2 Å². The first-order chi connectivity index (χ1) is 22.7.